The topological polar surface area (TPSA) is 92.4 Å². The summed E-state index contributed by atoms with van der Waals surface area (Å²) in [6.45, 7) is 8.03. The summed E-state index contributed by atoms with van der Waals surface area (Å²) in [6, 6.07) is 3.23. The molecule has 2 rings (SSSR count). The van der Waals surface area contributed by atoms with E-state index in [9.17, 15) is 9.59 Å². The molecule has 25 heavy (non-hydrogen) atoms. The Morgan fingerprint density at radius 3 is 2.80 bits per heavy atom. The lowest BCUT2D eigenvalue weighted by Crippen LogP contribution is -2.58. The molecule has 1 aliphatic rings. The molecule has 1 fully saturated rings. The van der Waals surface area contributed by atoms with Gasteiger partial charge in [0, 0.05) is 37.2 Å². The Morgan fingerprint density at radius 1 is 1.40 bits per heavy atom. The highest BCUT2D eigenvalue weighted by atomic mass is 16.5. The highest BCUT2D eigenvalue weighted by molar-refractivity contribution is 6.05. The van der Waals surface area contributed by atoms with Crippen LogP contribution >= 0.6 is 0 Å². The maximum atomic E-state index is 12.9. The number of carbonyl (C=O) groups excluding carboxylic acids is 2. The van der Waals surface area contributed by atoms with Crippen LogP contribution in [0.1, 0.15) is 42.7 Å². The number of nitrogens with zero attached hydrogens (tertiary/aromatic N) is 1. The Hall–Kier alpha value is -1.99. The fourth-order valence-electron chi connectivity index (χ4n) is 2.78. The van der Waals surface area contributed by atoms with Crippen LogP contribution in [0.5, 0.6) is 0 Å². The summed E-state index contributed by atoms with van der Waals surface area (Å²) < 4.78 is 5.44. The number of aromatic nitrogens is 1. The van der Waals surface area contributed by atoms with E-state index in [-0.39, 0.29) is 17.9 Å². The lowest BCUT2D eigenvalue weighted by molar-refractivity contribution is 0.0771. The number of hydrogen-bond acceptors (Lipinski definition) is 5. The van der Waals surface area contributed by atoms with Gasteiger partial charge in [-0.3, -0.25) is 9.78 Å². The first kappa shape index (κ1) is 19.3. The summed E-state index contributed by atoms with van der Waals surface area (Å²) in [5.41, 5.74) is 0.444. The van der Waals surface area contributed by atoms with Crippen molar-refractivity contribution in [2.45, 2.75) is 45.3 Å². The number of ether oxygens (including phenoxy) is 1. The van der Waals surface area contributed by atoms with Crippen LogP contribution in [0.3, 0.4) is 0 Å². The molecule has 2 heterocycles. The molecule has 0 radical (unpaired) electrons. The zero-order valence-electron chi connectivity index (χ0n) is 15.2. The lowest BCUT2D eigenvalue weighted by Gasteiger charge is -2.28. The molecule has 7 nitrogen and oxygen atoms in total. The lowest BCUT2D eigenvalue weighted by atomic mass is 9.89. The molecule has 7 heteroatoms. The van der Waals surface area contributed by atoms with Crippen LogP contribution in [-0.4, -0.2) is 54.7 Å². The Bertz CT molecular complexity index is 580. The average molecular weight is 348 g/mol. The molecule has 1 aromatic rings. The summed E-state index contributed by atoms with van der Waals surface area (Å²) in [7, 11) is 0. The number of ketones is 1. The maximum Gasteiger partial charge on any atom is 0.315 e. The fraction of sp³-hybridized carbons (Fsp3) is 0.611. The quantitative estimate of drug-likeness (QED) is 0.488. The molecule has 0 spiro atoms. The fourth-order valence-corrected chi connectivity index (χ4v) is 2.78. The molecule has 1 saturated heterocycles. The molecule has 138 valence electrons. The third kappa shape index (κ3) is 5.51. The van der Waals surface area contributed by atoms with E-state index in [1.807, 2.05) is 20.8 Å². The summed E-state index contributed by atoms with van der Waals surface area (Å²) >= 11 is 0. The molecule has 1 aromatic heterocycles. The van der Waals surface area contributed by atoms with E-state index in [4.69, 9.17) is 4.74 Å². The van der Waals surface area contributed by atoms with Gasteiger partial charge >= 0.3 is 6.03 Å². The Balaban J connectivity index is 1.92. The summed E-state index contributed by atoms with van der Waals surface area (Å²) in [5, 5.41) is 8.84. The standard InChI is InChI=1S/C18H28N4O3/c1-13(2)25-10-4-8-20-17(24)22-18(7-9-19-12-18)16(23)15-6-5-14(3)21-11-15/h5-6,11,13,19H,4,7-10,12H2,1-3H3,(H2,20,22,24)/t18-/m1/s1. The molecule has 0 bridgehead atoms. The van der Waals surface area contributed by atoms with E-state index < -0.39 is 5.54 Å². The van der Waals surface area contributed by atoms with E-state index in [0.29, 0.717) is 38.2 Å². The van der Waals surface area contributed by atoms with Gasteiger partial charge in [0.2, 0.25) is 0 Å². The predicted octanol–water partition coefficient (Wildman–Crippen LogP) is 1.42. The van der Waals surface area contributed by atoms with Crippen molar-refractivity contribution < 1.29 is 14.3 Å². The number of rotatable bonds is 8. The molecule has 3 N–H and O–H groups in total. The minimum absolute atomic E-state index is 0.108. The Morgan fingerprint density at radius 2 is 2.20 bits per heavy atom. The number of pyridine rings is 1. The van der Waals surface area contributed by atoms with Crippen molar-refractivity contribution in [3.05, 3.63) is 29.6 Å². The van der Waals surface area contributed by atoms with Gasteiger partial charge in [0.05, 0.1) is 6.10 Å². The van der Waals surface area contributed by atoms with Crippen LogP contribution in [0.15, 0.2) is 18.3 Å². The number of amides is 2. The molecule has 0 aromatic carbocycles. The predicted molar refractivity (Wildman–Crippen MR) is 95.8 cm³/mol. The number of carbonyl (C=O) groups is 2. The number of Topliss-reactive ketones (excluding diaryl/α,β-unsaturated/α-hetero) is 1. The minimum Gasteiger partial charge on any atom is -0.379 e. The van der Waals surface area contributed by atoms with E-state index in [1.54, 1.807) is 18.3 Å². The van der Waals surface area contributed by atoms with E-state index in [0.717, 1.165) is 12.1 Å². The van der Waals surface area contributed by atoms with Crippen LogP contribution in [-0.2, 0) is 4.74 Å². The van der Waals surface area contributed by atoms with Crippen LogP contribution < -0.4 is 16.0 Å². The van der Waals surface area contributed by atoms with Crippen LogP contribution in [0, 0.1) is 6.92 Å². The molecule has 0 unspecified atom stereocenters. The number of aryl methyl sites for hydroxylation is 1. The smallest absolute Gasteiger partial charge is 0.315 e. The third-order valence-corrected chi connectivity index (χ3v) is 4.17. The van der Waals surface area contributed by atoms with Crippen molar-refractivity contribution in [1.82, 2.24) is 20.9 Å². The molecule has 1 atom stereocenters. The van der Waals surface area contributed by atoms with Crippen molar-refractivity contribution in [3.8, 4) is 0 Å². The number of urea groups is 1. The van der Waals surface area contributed by atoms with Gasteiger partial charge in [0.15, 0.2) is 5.78 Å². The second-order valence-corrected chi connectivity index (χ2v) is 6.68. The average Bonchev–Trinajstić information content (AvgIpc) is 3.04. The Labute approximate surface area is 148 Å². The van der Waals surface area contributed by atoms with Gasteiger partial charge < -0.3 is 20.7 Å². The van der Waals surface area contributed by atoms with Crippen molar-refractivity contribution in [2.75, 3.05) is 26.2 Å². The first-order valence-corrected chi connectivity index (χ1v) is 8.79. The number of nitrogens with one attached hydrogen (secondary N) is 3. The number of hydrogen-bond donors (Lipinski definition) is 3. The Kier molecular flexibility index (Phi) is 6.90. The maximum absolute atomic E-state index is 12.9. The largest absolute Gasteiger partial charge is 0.379 e. The molecule has 0 saturated carbocycles. The second kappa shape index (κ2) is 8.92. The highest BCUT2D eigenvalue weighted by Gasteiger charge is 2.43. The van der Waals surface area contributed by atoms with E-state index in [1.165, 1.54) is 0 Å². The minimum atomic E-state index is -0.921. The summed E-state index contributed by atoms with van der Waals surface area (Å²) in [5.74, 6) is -0.108. The van der Waals surface area contributed by atoms with Crippen LogP contribution in [0.4, 0.5) is 4.79 Å². The van der Waals surface area contributed by atoms with Gasteiger partial charge in [-0.15, -0.1) is 0 Å². The van der Waals surface area contributed by atoms with Crippen molar-refractivity contribution >= 4 is 11.8 Å². The van der Waals surface area contributed by atoms with Gasteiger partial charge in [-0.25, -0.2) is 4.79 Å². The molecule has 1 aliphatic heterocycles. The zero-order chi connectivity index (χ0) is 18.3. The van der Waals surface area contributed by atoms with Crippen molar-refractivity contribution in [1.29, 1.82) is 0 Å². The SMILES string of the molecule is Cc1ccc(C(=O)[C@@]2(NC(=O)NCCCOC(C)C)CCNC2)cn1. The zero-order valence-corrected chi connectivity index (χ0v) is 15.2. The second-order valence-electron chi connectivity index (χ2n) is 6.68. The van der Waals surface area contributed by atoms with E-state index in [2.05, 4.69) is 20.9 Å². The molecular weight excluding hydrogens is 320 g/mol. The van der Waals surface area contributed by atoms with Crippen LogP contribution in [0.2, 0.25) is 0 Å². The van der Waals surface area contributed by atoms with Gasteiger partial charge in [0.1, 0.15) is 5.54 Å². The highest BCUT2D eigenvalue weighted by Crippen LogP contribution is 2.20. The van der Waals surface area contributed by atoms with E-state index >= 15 is 0 Å². The molecule has 0 aliphatic carbocycles. The monoisotopic (exact) mass is 348 g/mol. The summed E-state index contributed by atoms with van der Waals surface area (Å²) in [6.07, 6.45) is 3.04. The van der Waals surface area contributed by atoms with Gasteiger partial charge in [-0.1, -0.05) is 0 Å². The first-order valence-electron chi connectivity index (χ1n) is 8.79. The van der Waals surface area contributed by atoms with Crippen molar-refractivity contribution in [2.24, 2.45) is 0 Å². The summed E-state index contributed by atoms with van der Waals surface area (Å²) in [4.78, 5) is 29.3. The van der Waals surface area contributed by atoms with Crippen molar-refractivity contribution in [3.63, 3.8) is 0 Å². The molecule has 2 amide bonds. The van der Waals surface area contributed by atoms with Gasteiger partial charge in [0.25, 0.3) is 0 Å². The van der Waals surface area contributed by atoms with Gasteiger partial charge in [-0.05, 0) is 52.3 Å². The van der Waals surface area contributed by atoms with Crippen LogP contribution in [0.25, 0.3) is 0 Å². The third-order valence-electron chi connectivity index (χ3n) is 4.17. The van der Waals surface area contributed by atoms with Gasteiger partial charge in [-0.2, -0.15) is 0 Å². The normalized spacial score (nSPS) is 19.8. The first-order chi connectivity index (χ1) is 11.9. The molecular formula is C18H28N4O3.